The van der Waals surface area contributed by atoms with Crippen LogP contribution in [0, 0.1) is 0 Å². The summed E-state index contributed by atoms with van der Waals surface area (Å²) in [5, 5.41) is 14.3. The largest absolute Gasteiger partial charge is 0.285 e. The minimum atomic E-state index is -4.74. The van der Waals surface area contributed by atoms with Gasteiger partial charge in [0.25, 0.3) is 10.1 Å². The van der Waals surface area contributed by atoms with Crippen LogP contribution in [0.4, 0.5) is 0 Å². The fraction of sp³-hybridized carbons (Fsp3) is 0.0606. The lowest BCUT2D eigenvalue weighted by molar-refractivity contribution is 0.445. The van der Waals surface area contributed by atoms with E-state index in [2.05, 4.69) is 15.5 Å². The Morgan fingerprint density at radius 3 is 1.43 bits per heavy atom. The zero-order chi connectivity index (χ0) is 29.0. The van der Waals surface area contributed by atoms with Crippen LogP contribution in [0.5, 0.6) is 0 Å². The van der Waals surface area contributed by atoms with Gasteiger partial charge in [0.05, 0.1) is 0 Å². The zero-order valence-corrected chi connectivity index (χ0v) is 24.2. The Morgan fingerprint density at radius 2 is 1.00 bits per heavy atom. The van der Waals surface area contributed by atoms with E-state index in [-0.39, 0.29) is 0 Å². The quantitative estimate of drug-likeness (QED) is 0.177. The second-order valence-corrected chi connectivity index (χ2v) is 14.9. The smallest absolute Gasteiger partial charge is 0.278 e. The second kappa shape index (κ2) is 11.8. The van der Waals surface area contributed by atoms with Gasteiger partial charge in [-0.1, -0.05) is 115 Å². The maximum absolute atomic E-state index is 13.7. The molecule has 0 saturated heterocycles. The second-order valence-electron chi connectivity index (χ2n) is 9.80. The highest BCUT2D eigenvalue weighted by Crippen LogP contribution is 2.69. The van der Waals surface area contributed by atoms with Crippen molar-refractivity contribution >= 4 is 33.3 Å². The molecule has 208 valence electrons. The molecule has 0 radical (unpaired) electrons. The van der Waals surface area contributed by atoms with Gasteiger partial charge in [-0.05, 0) is 52.4 Å². The van der Waals surface area contributed by atoms with Crippen molar-refractivity contribution < 1.29 is 13.0 Å². The Balaban J connectivity index is 1.82. The van der Waals surface area contributed by atoms with Crippen LogP contribution in [-0.4, -0.2) is 33.2 Å². The lowest BCUT2D eigenvalue weighted by Gasteiger charge is -2.37. The topological polar surface area (TPSA) is 98.0 Å². The van der Waals surface area contributed by atoms with E-state index in [0.29, 0.717) is 11.4 Å². The van der Waals surface area contributed by atoms with Crippen molar-refractivity contribution in [3.05, 3.63) is 157 Å². The number of hydrogen-bond acceptors (Lipinski definition) is 5. The Morgan fingerprint density at radius 1 is 0.595 bits per heavy atom. The monoisotopic (exact) mass is 591 g/mol. The summed E-state index contributed by atoms with van der Waals surface area (Å²) in [6.45, 7) is 0. The summed E-state index contributed by atoms with van der Waals surface area (Å²) in [5.41, 5.74) is 1.16. The van der Waals surface area contributed by atoms with Crippen LogP contribution in [0.3, 0.4) is 0 Å². The van der Waals surface area contributed by atoms with Gasteiger partial charge in [-0.3, -0.25) is 4.55 Å². The zero-order valence-electron chi connectivity index (χ0n) is 22.5. The number of benzene rings is 5. The first-order valence-electron chi connectivity index (χ1n) is 13.4. The van der Waals surface area contributed by atoms with Gasteiger partial charge in [-0.15, -0.1) is 5.10 Å². The fourth-order valence-electron chi connectivity index (χ4n) is 5.68. The molecule has 6 rings (SSSR count). The van der Waals surface area contributed by atoms with Gasteiger partial charge < -0.3 is 0 Å². The molecule has 7 nitrogen and oxygen atoms in total. The minimum Gasteiger partial charge on any atom is -0.285 e. The molecule has 42 heavy (non-hydrogen) atoms. The summed E-state index contributed by atoms with van der Waals surface area (Å²) < 4.78 is 40.3. The summed E-state index contributed by atoms with van der Waals surface area (Å²) in [7, 11) is -7.77. The van der Waals surface area contributed by atoms with Crippen LogP contribution in [0.2, 0.25) is 0 Å². The van der Waals surface area contributed by atoms with Gasteiger partial charge in [-0.2, -0.15) is 13.1 Å². The van der Waals surface area contributed by atoms with Crippen LogP contribution in [-0.2, 0) is 10.1 Å². The third-order valence-corrected chi connectivity index (χ3v) is 13.4. The molecule has 5 aromatic carbocycles. The third kappa shape index (κ3) is 5.05. The van der Waals surface area contributed by atoms with Crippen LogP contribution in [0.25, 0.3) is 11.4 Å². The summed E-state index contributed by atoms with van der Waals surface area (Å²) in [6.07, 6.45) is 0. The summed E-state index contributed by atoms with van der Waals surface area (Å²) in [4.78, 5) is 0. The molecule has 0 aliphatic carbocycles. The summed E-state index contributed by atoms with van der Waals surface area (Å²) in [6, 6.07) is 48.0. The van der Waals surface area contributed by atoms with E-state index in [1.54, 1.807) is 28.9 Å². The molecule has 0 unspecified atom stereocenters. The van der Waals surface area contributed by atoms with E-state index in [4.69, 9.17) is 0 Å². The number of hydrogen-bond donors (Lipinski definition) is 1. The lowest BCUT2D eigenvalue weighted by Crippen LogP contribution is -2.41. The summed E-state index contributed by atoms with van der Waals surface area (Å²) in [5.74, 6) is -0.579. The highest BCUT2D eigenvalue weighted by Gasteiger charge is 2.61. The molecular weight excluding hydrogens is 563 g/mol. The van der Waals surface area contributed by atoms with Crippen molar-refractivity contribution in [1.82, 2.24) is 20.2 Å². The number of rotatable bonds is 9. The standard InChI is InChI=1S/C33H27N4O3PS/c38-42(39,40)31(26-16-6-1-7-17-26)33(37-32(34-35-36-37)27-18-8-2-9-19-27)41(28-20-10-3-11-21-28,29-22-12-4-13-23-29)30-24-14-5-15-25-30/h1-25,31,33H/p+1/t31-,33+/m0/s1. The molecule has 1 aromatic heterocycles. The van der Waals surface area contributed by atoms with Gasteiger partial charge in [0.15, 0.2) is 11.1 Å². The van der Waals surface area contributed by atoms with Gasteiger partial charge in [0.2, 0.25) is 5.78 Å². The SMILES string of the molecule is O=S(=O)(O)[C@@H](c1ccccc1)[C@H](n1nnnc1-c1ccccc1)[P+](c1ccccc1)(c1ccccc1)c1ccccc1. The Labute approximate surface area is 245 Å². The third-order valence-electron chi connectivity index (χ3n) is 7.38. The molecule has 0 fully saturated rings. The molecule has 0 bridgehead atoms. The predicted molar refractivity (Wildman–Crippen MR) is 168 cm³/mol. The van der Waals surface area contributed by atoms with Crippen molar-refractivity contribution in [1.29, 1.82) is 0 Å². The molecule has 0 aliphatic rings. The predicted octanol–water partition coefficient (Wildman–Crippen LogP) is 5.46. The number of nitrogens with zero attached hydrogens (tertiary/aromatic N) is 4. The Bertz CT molecular complexity index is 1760. The first kappa shape index (κ1) is 27.7. The highest BCUT2D eigenvalue weighted by atomic mass is 32.2. The van der Waals surface area contributed by atoms with Crippen molar-refractivity contribution in [3.63, 3.8) is 0 Å². The Kier molecular flexibility index (Phi) is 7.76. The molecule has 0 spiro atoms. The highest BCUT2D eigenvalue weighted by molar-refractivity contribution is 7.97. The minimum absolute atomic E-state index is 0.400. The maximum Gasteiger partial charge on any atom is 0.278 e. The maximum atomic E-state index is 13.7. The van der Waals surface area contributed by atoms with Crippen molar-refractivity contribution in [3.8, 4) is 11.4 Å². The van der Waals surface area contributed by atoms with E-state index in [1.165, 1.54) is 0 Å². The van der Waals surface area contributed by atoms with E-state index in [0.717, 1.165) is 21.5 Å². The molecule has 9 heteroatoms. The van der Waals surface area contributed by atoms with Gasteiger partial charge >= 0.3 is 0 Å². The normalized spacial score (nSPS) is 13.4. The average Bonchev–Trinajstić information content (AvgIpc) is 3.52. The van der Waals surface area contributed by atoms with Crippen LogP contribution in [0.1, 0.15) is 16.6 Å². The van der Waals surface area contributed by atoms with Crippen LogP contribution in [0.15, 0.2) is 152 Å². The van der Waals surface area contributed by atoms with Gasteiger partial charge in [0, 0.05) is 5.56 Å². The lowest BCUT2D eigenvalue weighted by atomic mass is 10.1. The van der Waals surface area contributed by atoms with Gasteiger partial charge in [0.1, 0.15) is 23.2 Å². The van der Waals surface area contributed by atoms with Crippen LogP contribution < -0.4 is 15.9 Å². The molecule has 2 atom stereocenters. The van der Waals surface area contributed by atoms with E-state index in [1.807, 2.05) is 127 Å². The first-order valence-corrected chi connectivity index (χ1v) is 16.8. The van der Waals surface area contributed by atoms with Crippen molar-refractivity contribution in [2.45, 2.75) is 11.0 Å². The molecule has 0 aliphatic heterocycles. The van der Waals surface area contributed by atoms with E-state index >= 15 is 0 Å². The Hall–Kier alpha value is -4.49. The van der Waals surface area contributed by atoms with Crippen molar-refractivity contribution in [2.75, 3.05) is 0 Å². The molecule has 1 N–H and O–H groups in total. The molecular formula is C33H28N4O3PS+. The van der Waals surface area contributed by atoms with E-state index in [9.17, 15) is 13.0 Å². The fourth-order valence-corrected chi connectivity index (χ4v) is 12.4. The average molecular weight is 592 g/mol. The van der Waals surface area contributed by atoms with Crippen LogP contribution >= 0.6 is 7.26 Å². The molecule has 0 saturated carbocycles. The molecule has 1 heterocycles. The molecule has 0 amide bonds. The first-order chi connectivity index (χ1) is 20.5. The molecule has 6 aromatic rings. The van der Waals surface area contributed by atoms with Gasteiger partial charge in [-0.25, -0.2) is 0 Å². The van der Waals surface area contributed by atoms with E-state index < -0.39 is 28.4 Å². The van der Waals surface area contributed by atoms with Crippen molar-refractivity contribution in [2.24, 2.45) is 0 Å². The summed E-state index contributed by atoms with van der Waals surface area (Å²) >= 11 is 0. The number of tetrazole rings is 1. The number of aromatic nitrogens is 4.